The summed E-state index contributed by atoms with van der Waals surface area (Å²) in [6.07, 6.45) is 0.897. The van der Waals surface area contributed by atoms with Crippen molar-refractivity contribution in [1.82, 2.24) is 13.9 Å². The maximum absolute atomic E-state index is 12.5. The predicted molar refractivity (Wildman–Crippen MR) is 122 cm³/mol. The Hall–Kier alpha value is -2.91. The summed E-state index contributed by atoms with van der Waals surface area (Å²) in [6.45, 7) is 6.55. The maximum atomic E-state index is 12.5. The Kier molecular flexibility index (Phi) is 7.20. The van der Waals surface area contributed by atoms with E-state index in [2.05, 4.69) is 4.98 Å². The highest BCUT2D eigenvalue weighted by molar-refractivity contribution is 7.89. The number of esters is 1. The van der Waals surface area contributed by atoms with E-state index in [4.69, 9.17) is 9.47 Å². The number of aryl methyl sites for hydroxylation is 1. The normalized spacial score (nSPS) is 12.0. The van der Waals surface area contributed by atoms with Gasteiger partial charge < -0.3 is 14.0 Å². The molecule has 3 rings (SSSR count). The molecule has 0 N–H and O–H groups in total. The van der Waals surface area contributed by atoms with E-state index in [0.717, 1.165) is 16.2 Å². The van der Waals surface area contributed by atoms with Crippen LogP contribution in [0.4, 0.5) is 0 Å². The lowest BCUT2D eigenvalue weighted by atomic mass is 10.2. The van der Waals surface area contributed by atoms with Crippen LogP contribution in [-0.2, 0) is 27.9 Å². The van der Waals surface area contributed by atoms with E-state index in [-0.39, 0.29) is 17.6 Å². The van der Waals surface area contributed by atoms with Crippen LogP contribution >= 0.6 is 0 Å². The first-order chi connectivity index (χ1) is 15.1. The number of imidazole rings is 1. The highest BCUT2D eigenvalue weighted by Crippen LogP contribution is 2.23. The summed E-state index contributed by atoms with van der Waals surface area (Å²) in [4.78, 5) is 17.2. The lowest BCUT2D eigenvalue weighted by molar-refractivity contribution is 0.0458. The highest BCUT2D eigenvalue weighted by Gasteiger charge is 2.20. The molecule has 172 valence electrons. The third-order valence-corrected chi connectivity index (χ3v) is 6.63. The second-order valence-corrected chi connectivity index (χ2v) is 10.0. The van der Waals surface area contributed by atoms with Gasteiger partial charge in [0.25, 0.3) is 0 Å². The minimum atomic E-state index is -3.57. The molecule has 0 radical (unpaired) electrons. The van der Waals surface area contributed by atoms with Crippen molar-refractivity contribution < 1.29 is 22.7 Å². The Morgan fingerprint density at radius 2 is 1.81 bits per heavy atom. The molecule has 3 aromatic rings. The van der Waals surface area contributed by atoms with Gasteiger partial charge in [-0.1, -0.05) is 6.92 Å². The number of nitrogens with zero attached hydrogens (tertiary/aromatic N) is 3. The van der Waals surface area contributed by atoms with Crippen molar-refractivity contribution in [3.8, 4) is 5.75 Å². The van der Waals surface area contributed by atoms with Gasteiger partial charge in [0, 0.05) is 20.6 Å². The Balaban J connectivity index is 1.83. The second-order valence-electron chi connectivity index (χ2n) is 7.88. The number of aromatic nitrogens is 2. The zero-order valence-corrected chi connectivity index (χ0v) is 19.8. The van der Waals surface area contributed by atoms with Crippen LogP contribution in [0, 0.1) is 0 Å². The SMILES string of the molecule is CCCn1c(COC(=O)c2ccc(OC(C)C)cc2)nc2cc(S(=O)(=O)N(C)C)ccc21. The van der Waals surface area contributed by atoms with Crippen LogP contribution in [0.2, 0.25) is 0 Å². The van der Waals surface area contributed by atoms with Crippen molar-refractivity contribution in [3.63, 3.8) is 0 Å². The summed E-state index contributed by atoms with van der Waals surface area (Å²) in [7, 11) is -0.593. The van der Waals surface area contributed by atoms with Crippen molar-refractivity contribution >= 4 is 27.0 Å². The Morgan fingerprint density at radius 1 is 1.12 bits per heavy atom. The fourth-order valence-electron chi connectivity index (χ4n) is 3.27. The molecule has 0 spiro atoms. The molecular formula is C23H29N3O5S. The average molecular weight is 460 g/mol. The predicted octanol–water partition coefficient (Wildman–Crippen LogP) is 3.84. The number of carbonyl (C=O) groups excluding carboxylic acids is 1. The third-order valence-electron chi connectivity index (χ3n) is 4.82. The molecular weight excluding hydrogens is 430 g/mol. The van der Waals surface area contributed by atoms with E-state index in [1.807, 2.05) is 25.3 Å². The molecule has 8 nitrogen and oxygen atoms in total. The van der Waals surface area contributed by atoms with E-state index in [1.165, 1.54) is 14.1 Å². The standard InChI is InChI=1S/C23H29N3O5S/c1-6-13-26-21-12-11-19(32(28,29)25(4)5)14-20(21)24-22(26)15-30-23(27)17-7-9-18(10-8-17)31-16(2)3/h7-12,14,16H,6,13,15H2,1-5H3. The molecule has 0 saturated heterocycles. The van der Waals surface area contributed by atoms with Crippen LogP contribution in [0.5, 0.6) is 5.75 Å². The first-order valence-electron chi connectivity index (χ1n) is 10.5. The molecule has 0 fully saturated rings. The van der Waals surface area contributed by atoms with Gasteiger partial charge in [-0.05, 0) is 62.7 Å². The molecule has 0 atom stereocenters. The molecule has 2 aromatic carbocycles. The molecule has 0 unspecified atom stereocenters. The van der Waals surface area contributed by atoms with Crippen LogP contribution in [0.3, 0.4) is 0 Å². The lowest BCUT2D eigenvalue weighted by Gasteiger charge is -2.11. The smallest absolute Gasteiger partial charge is 0.338 e. The van der Waals surface area contributed by atoms with E-state index in [0.29, 0.717) is 29.2 Å². The van der Waals surface area contributed by atoms with Gasteiger partial charge >= 0.3 is 5.97 Å². The lowest BCUT2D eigenvalue weighted by Crippen LogP contribution is -2.22. The Morgan fingerprint density at radius 3 is 2.41 bits per heavy atom. The maximum Gasteiger partial charge on any atom is 0.338 e. The van der Waals surface area contributed by atoms with E-state index < -0.39 is 16.0 Å². The van der Waals surface area contributed by atoms with Crippen molar-refractivity contribution in [3.05, 3.63) is 53.9 Å². The summed E-state index contributed by atoms with van der Waals surface area (Å²) < 4.78 is 39.1. The summed E-state index contributed by atoms with van der Waals surface area (Å²) in [6, 6.07) is 11.6. The number of sulfonamides is 1. The zero-order chi connectivity index (χ0) is 23.5. The van der Waals surface area contributed by atoms with Crippen molar-refractivity contribution in [2.75, 3.05) is 14.1 Å². The molecule has 1 aromatic heterocycles. The van der Waals surface area contributed by atoms with E-state index in [1.54, 1.807) is 42.5 Å². The summed E-state index contributed by atoms with van der Waals surface area (Å²) in [5, 5.41) is 0. The van der Waals surface area contributed by atoms with Crippen LogP contribution in [-0.4, -0.2) is 48.4 Å². The van der Waals surface area contributed by atoms with Crippen molar-refractivity contribution in [1.29, 1.82) is 0 Å². The number of benzene rings is 2. The molecule has 0 bridgehead atoms. The molecule has 0 aliphatic rings. The van der Waals surface area contributed by atoms with Gasteiger partial charge in [-0.15, -0.1) is 0 Å². The fourth-order valence-corrected chi connectivity index (χ4v) is 4.19. The van der Waals surface area contributed by atoms with Gasteiger partial charge in [0.15, 0.2) is 0 Å². The van der Waals surface area contributed by atoms with Crippen molar-refractivity contribution in [2.45, 2.75) is 51.3 Å². The van der Waals surface area contributed by atoms with Crippen LogP contribution in [0.25, 0.3) is 11.0 Å². The Bertz CT molecular complexity index is 1200. The van der Waals surface area contributed by atoms with Crippen molar-refractivity contribution in [2.24, 2.45) is 0 Å². The highest BCUT2D eigenvalue weighted by atomic mass is 32.2. The first-order valence-corrected chi connectivity index (χ1v) is 11.9. The number of fused-ring (bicyclic) bond motifs is 1. The third kappa shape index (κ3) is 5.11. The fraction of sp³-hybridized carbons (Fsp3) is 0.391. The number of ether oxygens (including phenoxy) is 2. The van der Waals surface area contributed by atoms with Crippen LogP contribution in [0.15, 0.2) is 47.4 Å². The van der Waals surface area contributed by atoms with E-state index in [9.17, 15) is 13.2 Å². The number of carbonyl (C=O) groups is 1. The molecule has 32 heavy (non-hydrogen) atoms. The number of hydrogen-bond donors (Lipinski definition) is 0. The molecule has 9 heteroatoms. The van der Waals surface area contributed by atoms with Gasteiger partial charge in [0.05, 0.1) is 27.6 Å². The molecule has 0 saturated carbocycles. The summed E-state index contributed by atoms with van der Waals surface area (Å²) >= 11 is 0. The molecule has 0 aliphatic heterocycles. The largest absolute Gasteiger partial charge is 0.491 e. The number of hydrogen-bond acceptors (Lipinski definition) is 6. The zero-order valence-electron chi connectivity index (χ0n) is 19.0. The first kappa shape index (κ1) is 23.7. The Labute approximate surface area is 188 Å². The molecule has 0 amide bonds. The average Bonchev–Trinajstić information content (AvgIpc) is 3.09. The molecule has 0 aliphatic carbocycles. The minimum Gasteiger partial charge on any atom is -0.491 e. The molecule has 1 heterocycles. The van der Waals surface area contributed by atoms with Gasteiger partial charge in [0.2, 0.25) is 10.0 Å². The van der Waals surface area contributed by atoms with E-state index >= 15 is 0 Å². The van der Waals surface area contributed by atoms with Gasteiger partial charge in [-0.25, -0.2) is 22.5 Å². The van der Waals surface area contributed by atoms with Crippen LogP contribution < -0.4 is 4.74 Å². The second kappa shape index (κ2) is 9.70. The van der Waals surface area contributed by atoms with Crippen LogP contribution in [0.1, 0.15) is 43.4 Å². The quantitative estimate of drug-likeness (QED) is 0.452. The summed E-state index contributed by atoms with van der Waals surface area (Å²) in [5.41, 5.74) is 1.76. The van der Waals surface area contributed by atoms with Gasteiger partial charge in [0.1, 0.15) is 18.2 Å². The minimum absolute atomic E-state index is 0.0203. The summed E-state index contributed by atoms with van der Waals surface area (Å²) in [5.74, 6) is 0.784. The monoisotopic (exact) mass is 459 g/mol. The topological polar surface area (TPSA) is 90.7 Å². The van der Waals surface area contributed by atoms with Gasteiger partial charge in [-0.2, -0.15) is 0 Å². The number of rotatable bonds is 9. The van der Waals surface area contributed by atoms with Gasteiger partial charge in [-0.3, -0.25) is 0 Å².